The zero-order valence-corrected chi connectivity index (χ0v) is 11.0. The molecule has 1 aromatic rings. The summed E-state index contributed by atoms with van der Waals surface area (Å²) in [6.45, 7) is 1.91. The fourth-order valence-electron chi connectivity index (χ4n) is 1.65. The highest BCUT2D eigenvalue weighted by molar-refractivity contribution is 7.98. The molecule has 0 aliphatic heterocycles. The van der Waals surface area contributed by atoms with E-state index in [1.807, 2.05) is 13.2 Å². The largest absolute Gasteiger partial charge is 0.573 e. The molecule has 0 saturated heterocycles. The molecule has 6 heteroatoms. The van der Waals surface area contributed by atoms with Gasteiger partial charge < -0.3 is 10.5 Å². The number of halogens is 3. The van der Waals surface area contributed by atoms with E-state index < -0.39 is 12.4 Å². The number of hydrogen-bond donors (Lipinski definition) is 1. The lowest BCUT2D eigenvalue weighted by atomic mass is 9.96. The topological polar surface area (TPSA) is 35.2 Å². The van der Waals surface area contributed by atoms with E-state index in [9.17, 15) is 13.2 Å². The minimum absolute atomic E-state index is 0.0676. The zero-order chi connectivity index (χ0) is 13.8. The number of ether oxygens (including phenoxy) is 1. The highest BCUT2D eigenvalue weighted by Crippen LogP contribution is 2.32. The SMILES string of the molecule is CSCC(C)C(N)c1ccccc1OC(F)(F)F. The maximum Gasteiger partial charge on any atom is 0.573 e. The van der Waals surface area contributed by atoms with E-state index >= 15 is 0 Å². The van der Waals surface area contributed by atoms with Crippen LogP contribution in [0.15, 0.2) is 24.3 Å². The van der Waals surface area contributed by atoms with Gasteiger partial charge in [0.15, 0.2) is 0 Å². The monoisotopic (exact) mass is 279 g/mol. The lowest BCUT2D eigenvalue weighted by Crippen LogP contribution is -2.24. The summed E-state index contributed by atoms with van der Waals surface area (Å²) in [7, 11) is 0. The number of nitrogens with two attached hydrogens (primary N) is 1. The molecular weight excluding hydrogens is 263 g/mol. The smallest absolute Gasteiger partial charge is 0.405 e. The summed E-state index contributed by atoms with van der Waals surface area (Å²) in [6, 6.07) is 5.54. The molecule has 0 radical (unpaired) electrons. The molecule has 2 unspecified atom stereocenters. The fraction of sp³-hybridized carbons (Fsp3) is 0.500. The van der Waals surface area contributed by atoms with Gasteiger partial charge in [0.2, 0.25) is 0 Å². The van der Waals surface area contributed by atoms with E-state index in [2.05, 4.69) is 4.74 Å². The first kappa shape index (κ1) is 15.2. The minimum atomic E-state index is -4.70. The predicted molar refractivity (Wildman–Crippen MR) is 67.6 cm³/mol. The van der Waals surface area contributed by atoms with Crippen LogP contribution < -0.4 is 10.5 Å². The van der Waals surface area contributed by atoms with Gasteiger partial charge in [-0.3, -0.25) is 0 Å². The minimum Gasteiger partial charge on any atom is -0.405 e. The normalized spacial score (nSPS) is 15.2. The Morgan fingerprint density at radius 2 is 1.94 bits per heavy atom. The van der Waals surface area contributed by atoms with Crippen molar-refractivity contribution >= 4 is 11.8 Å². The van der Waals surface area contributed by atoms with Gasteiger partial charge in [0.05, 0.1) is 0 Å². The van der Waals surface area contributed by atoms with Crippen molar-refractivity contribution in [2.45, 2.75) is 19.3 Å². The summed E-state index contributed by atoms with van der Waals surface area (Å²) in [4.78, 5) is 0. The van der Waals surface area contributed by atoms with E-state index in [0.717, 1.165) is 5.75 Å². The van der Waals surface area contributed by atoms with Crippen molar-refractivity contribution in [1.82, 2.24) is 0 Å². The van der Waals surface area contributed by atoms with Gasteiger partial charge in [-0.25, -0.2) is 0 Å². The maximum absolute atomic E-state index is 12.3. The molecule has 0 aliphatic rings. The molecule has 0 aliphatic carbocycles. The Labute approximate surface area is 109 Å². The van der Waals surface area contributed by atoms with E-state index in [0.29, 0.717) is 5.56 Å². The van der Waals surface area contributed by atoms with Crippen LogP contribution in [0.3, 0.4) is 0 Å². The summed E-state index contributed by atoms with van der Waals surface area (Å²) in [5, 5.41) is 0. The fourth-order valence-corrected chi connectivity index (χ4v) is 2.38. The van der Waals surface area contributed by atoms with Gasteiger partial charge in [-0.15, -0.1) is 13.2 Å². The first-order valence-corrected chi connectivity index (χ1v) is 6.83. The molecule has 0 fully saturated rings. The average molecular weight is 279 g/mol. The van der Waals surface area contributed by atoms with Crippen molar-refractivity contribution in [3.05, 3.63) is 29.8 Å². The summed E-state index contributed by atoms with van der Waals surface area (Å²) in [5.41, 5.74) is 6.37. The van der Waals surface area contributed by atoms with E-state index in [1.165, 1.54) is 12.1 Å². The third kappa shape index (κ3) is 4.42. The molecule has 0 spiro atoms. The molecule has 18 heavy (non-hydrogen) atoms. The molecule has 0 heterocycles. The van der Waals surface area contributed by atoms with Crippen LogP contribution in [0.1, 0.15) is 18.5 Å². The summed E-state index contributed by atoms with van der Waals surface area (Å²) in [5.74, 6) is 0.630. The first-order chi connectivity index (χ1) is 8.35. The van der Waals surface area contributed by atoms with Crippen LogP contribution in [0, 0.1) is 5.92 Å². The molecule has 102 valence electrons. The van der Waals surface area contributed by atoms with Gasteiger partial charge in [0.1, 0.15) is 5.75 Å². The van der Waals surface area contributed by atoms with Crippen molar-refractivity contribution in [2.24, 2.45) is 11.7 Å². The van der Waals surface area contributed by atoms with Gasteiger partial charge >= 0.3 is 6.36 Å². The molecule has 2 nitrogen and oxygen atoms in total. The Bertz CT molecular complexity index is 384. The highest BCUT2D eigenvalue weighted by atomic mass is 32.2. The first-order valence-electron chi connectivity index (χ1n) is 5.44. The third-order valence-electron chi connectivity index (χ3n) is 2.55. The Morgan fingerprint density at radius 1 is 1.33 bits per heavy atom. The molecule has 0 saturated carbocycles. The number of rotatable bonds is 5. The Morgan fingerprint density at radius 3 is 2.50 bits per heavy atom. The van der Waals surface area contributed by atoms with Crippen molar-refractivity contribution in [1.29, 1.82) is 0 Å². The van der Waals surface area contributed by atoms with Crippen LogP contribution in [-0.4, -0.2) is 18.4 Å². The molecule has 1 rings (SSSR count). The molecule has 0 bridgehead atoms. The summed E-state index contributed by atoms with van der Waals surface area (Å²) < 4.78 is 40.8. The van der Waals surface area contributed by atoms with Crippen LogP contribution in [0.4, 0.5) is 13.2 Å². The number of hydrogen-bond acceptors (Lipinski definition) is 3. The quantitative estimate of drug-likeness (QED) is 0.894. The van der Waals surface area contributed by atoms with Crippen molar-refractivity contribution in [2.75, 3.05) is 12.0 Å². The lowest BCUT2D eigenvalue weighted by Gasteiger charge is -2.22. The number of para-hydroxylation sites is 1. The Kier molecular flexibility index (Phi) is 5.34. The summed E-state index contributed by atoms with van der Waals surface area (Å²) in [6.07, 6.45) is -2.76. The zero-order valence-electron chi connectivity index (χ0n) is 10.2. The van der Waals surface area contributed by atoms with Crippen LogP contribution in [0.5, 0.6) is 5.75 Å². The van der Waals surface area contributed by atoms with Crippen molar-refractivity contribution in [3.8, 4) is 5.75 Å². The molecular formula is C12H16F3NOS. The van der Waals surface area contributed by atoms with Crippen LogP contribution in [-0.2, 0) is 0 Å². The molecule has 0 amide bonds. The van der Waals surface area contributed by atoms with Gasteiger partial charge in [-0.1, -0.05) is 25.1 Å². The van der Waals surface area contributed by atoms with Crippen LogP contribution in [0.25, 0.3) is 0 Å². The van der Waals surface area contributed by atoms with Crippen LogP contribution >= 0.6 is 11.8 Å². The van der Waals surface area contributed by atoms with E-state index in [1.54, 1.807) is 23.9 Å². The maximum atomic E-state index is 12.3. The summed E-state index contributed by atoms with van der Waals surface area (Å²) >= 11 is 1.61. The van der Waals surface area contributed by atoms with Crippen molar-refractivity contribution < 1.29 is 17.9 Å². The van der Waals surface area contributed by atoms with Crippen molar-refractivity contribution in [3.63, 3.8) is 0 Å². The van der Waals surface area contributed by atoms with Gasteiger partial charge in [-0.2, -0.15) is 11.8 Å². The second-order valence-corrected chi connectivity index (χ2v) is 4.95. The highest BCUT2D eigenvalue weighted by Gasteiger charge is 2.33. The number of benzene rings is 1. The van der Waals surface area contributed by atoms with Gasteiger partial charge in [-0.05, 0) is 24.0 Å². The second-order valence-electron chi connectivity index (χ2n) is 4.04. The molecule has 2 N–H and O–H groups in total. The Hall–Kier alpha value is -0.880. The third-order valence-corrected chi connectivity index (χ3v) is 3.41. The van der Waals surface area contributed by atoms with Crippen LogP contribution in [0.2, 0.25) is 0 Å². The molecule has 1 aromatic carbocycles. The number of thioether (sulfide) groups is 1. The van der Waals surface area contributed by atoms with Gasteiger partial charge in [0, 0.05) is 11.6 Å². The van der Waals surface area contributed by atoms with E-state index in [-0.39, 0.29) is 11.7 Å². The predicted octanol–water partition coefficient (Wildman–Crippen LogP) is 3.58. The number of alkyl halides is 3. The molecule has 0 aromatic heterocycles. The molecule has 2 atom stereocenters. The second kappa shape index (κ2) is 6.33. The van der Waals surface area contributed by atoms with Gasteiger partial charge in [0.25, 0.3) is 0 Å². The van der Waals surface area contributed by atoms with E-state index in [4.69, 9.17) is 5.73 Å². The average Bonchev–Trinajstić information content (AvgIpc) is 2.27. The Balaban J connectivity index is 2.94. The standard InChI is InChI=1S/C12H16F3NOS/c1-8(7-18-2)11(16)9-5-3-4-6-10(9)17-12(13,14)15/h3-6,8,11H,7,16H2,1-2H3. The lowest BCUT2D eigenvalue weighted by molar-refractivity contribution is -0.275.